The van der Waals surface area contributed by atoms with Crippen molar-refractivity contribution in [1.29, 1.82) is 0 Å². The van der Waals surface area contributed by atoms with Gasteiger partial charge in [0.25, 0.3) is 0 Å². The molecular weight excluding hydrogens is 266 g/mol. The van der Waals surface area contributed by atoms with Crippen LogP contribution in [0.2, 0.25) is 0 Å². The fraction of sp³-hybridized carbons (Fsp3) is 0.500. The number of carbonyl (C=O) groups excluding carboxylic acids is 2. The van der Waals surface area contributed by atoms with Crippen molar-refractivity contribution in [2.45, 2.75) is 6.92 Å². The Hall–Kier alpha value is -2.04. The number of piperazine rings is 1. The average Bonchev–Trinajstić information content (AvgIpc) is 2.46. The van der Waals surface area contributed by atoms with Crippen LogP contribution >= 0.6 is 0 Å². The highest BCUT2D eigenvalue weighted by Gasteiger charge is 2.37. The van der Waals surface area contributed by atoms with Gasteiger partial charge in [0.2, 0.25) is 11.8 Å². The third-order valence-electron chi connectivity index (χ3n) is 4.39. The zero-order chi connectivity index (χ0) is 14.8. The van der Waals surface area contributed by atoms with E-state index in [-0.39, 0.29) is 17.7 Å². The second kappa shape index (κ2) is 5.76. The molecule has 5 heteroatoms. The summed E-state index contributed by atoms with van der Waals surface area (Å²) >= 11 is 0. The molecule has 21 heavy (non-hydrogen) atoms. The number of hydrogen-bond acceptors (Lipinski definition) is 3. The van der Waals surface area contributed by atoms with Crippen molar-refractivity contribution < 1.29 is 9.59 Å². The third-order valence-corrected chi connectivity index (χ3v) is 4.39. The molecule has 2 fully saturated rings. The molecule has 1 aromatic rings. The predicted octanol–water partition coefficient (Wildman–Crippen LogP) is 0.813. The van der Waals surface area contributed by atoms with Crippen LogP contribution < -0.4 is 4.90 Å². The summed E-state index contributed by atoms with van der Waals surface area (Å²) in [5, 5.41) is 0. The Morgan fingerprint density at radius 1 is 0.952 bits per heavy atom. The molecule has 2 saturated heterocycles. The number of amides is 2. The number of hydrogen-bond donors (Lipinski definition) is 0. The fourth-order valence-electron chi connectivity index (χ4n) is 2.97. The highest BCUT2D eigenvalue weighted by Crippen LogP contribution is 2.21. The molecule has 0 aliphatic carbocycles. The van der Waals surface area contributed by atoms with Crippen molar-refractivity contribution in [3.63, 3.8) is 0 Å². The molecule has 5 nitrogen and oxygen atoms in total. The maximum absolute atomic E-state index is 12.4. The Morgan fingerprint density at radius 3 is 2.14 bits per heavy atom. The molecular formula is C16H21N3O2. The first kappa shape index (κ1) is 13.9. The van der Waals surface area contributed by atoms with Gasteiger partial charge in [-0.15, -0.1) is 0 Å². The fourth-order valence-corrected chi connectivity index (χ4v) is 2.97. The minimum Gasteiger partial charge on any atom is -0.368 e. The van der Waals surface area contributed by atoms with E-state index in [1.165, 1.54) is 5.69 Å². The van der Waals surface area contributed by atoms with E-state index in [1.54, 1.807) is 11.8 Å². The van der Waals surface area contributed by atoms with Crippen molar-refractivity contribution in [1.82, 2.24) is 9.80 Å². The Balaban J connectivity index is 1.50. The van der Waals surface area contributed by atoms with Gasteiger partial charge in [-0.2, -0.15) is 0 Å². The Morgan fingerprint density at radius 2 is 1.57 bits per heavy atom. The second-order valence-electron chi connectivity index (χ2n) is 5.77. The van der Waals surface area contributed by atoms with E-state index in [4.69, 9.17) is 0 Å². The molecule has 0 aromatic heterocycles. The van der Waals surface area contributed by atoms with Crippen LogP contribution in [-0.4, -0.2) is 60.9 Å². The average molecular weight is 287 g/mol. The molecule has 3 rings (SSSR count). The lowest BCUT2D eigenvalue weighted by molar-refractivity contribution is -0.147. The molecule has 0 saturated carbocycles. The summed E-state index contributed by atoms with van der Waals surface area (Å²) in [6.07, 6.45) is 0. The van der Waals surface area contributed by atoms with Gasteiger partial charge >= 0.3 is 0 Å². The molecule has 0 spiro atoms. The maximum Gasteiger partial charge on any atom is 0.229 e. The smallest absolute Gasteiger partial charge is 0.229 e. The Kier molecular flexibility index (Phi) is 3.82. The van der Waals surface area contributed by atoms with E-state index in [0.29, 0.717) is 13.1 Å². The highest BCUT2D eigenvalue weighted by atomic mass is 16.2. The van der Waals surface area contributed by atoms with E-state index in [9.17, 15) is 9.59 Å². The number of anilines is 1. The standard InChI is InChI=1S/C16H21N3O2/c1-13(20)19-11-14(12-19)16(21)18-9-7-17(8-10-18)15-5-3-2-4-6-15/h2-6,14H,7-12H2,1H3. The SMILES string of the molecule is CC(=O)N1CC(C(=O)N2CCN(c3ccccc3)CC2)C1. The summed E-state index contributed by atoms with van der Waals surface area (Å²) in [5.41, 5.74) is 1.22. The molecule has 2 aliphatic heterocycles. The van der Waals surface area contributed by atoms with Crippen LogP contribution in [-0.2, 0) is 9.59 Å². The van der Waals surface area contributed by atoms with Gasteiger partial charge in [-0.05, 0) is 12.1 Å². The van der Waals surface area contributed by atoms with Crippen LogP contribution in [0.5, 0.6) is 0 Å². The van der Waals surface area contributed by atoms with Gasteiger partial charge in [0.1, 0.15) is 0 Å². The molecule has 0 unspecified atom stereocenters. The van der Waals surface area contributed by atoms with Gasteiger partial charge in [-0.3, -0.25) is 9.59 Å². The zero-order valence-electron chi connectivity index (χ0n) is 12.4. The van der Waals surface area contributed by atoms with E-state index in [2.05, 4.69) is 17.0 Å². The summed E-state index contributed by atoms with van der Waals surface area (Å²) in [6, 6.07) is 10.3. The minimum absolute atomic E-state index is 0.0113. The predicted molar refractivity (Wildman–Crippen MR) is 81.0 cm³/mol. The van der Waals surface area contributed by atoms with Gasteiger partial charge in [0, 0.05) is 51.9 Å². The summed E-state index contributed by atoms with van der Waals surface area (Å²) < 4.78 is 0. The number of nitrogens with zero attached hydrogens (tertiary/aromatic N) is 3. The van der Waals surface area contributed by atoms with Gasteiger partial charge in [-0.25, -0.2) is 0 Å². The van der Waals surface area contributed by atoms with Gasteiger partial charge in [0.15, 0.2) is 0 Å². The minimum atomic E-state index is 0.0113. The number of rotatable bonds is 2. The van der Waals surface area contributed by atoms with Crippen molar-refractivity contribution in [2.24, 2.45) is 5.92 Å². The summed E-state index contributed by atoms with van der Waals surface area (Å²) in [4.78, 5) is 29.5. The molecule has 2 heterocycles. The highest BCUT2D eigenvalue weighted by molar-refractivity contribution is 5.84. The second-order valence-corrected chi connectivity index (χ2v) is 5.77. The van der Waals surface area contributed by atoms with E-state index in [1.807, 2.05) is 23.1 Å². The largest absolute Gasteiger partial charge is 0.368 e. The first-order chi connectivity index (χ1) is 10.1. The lowest BCUT2D eigenvalue weighted by Gasteiger charge is -2.42. The molecule has 0 atom stereocenters. The van der Waals surface area contributed by atoms with Gasteiger partial charge < -0.3 is 14.7 Å². The van der Waals surface area contributed by atoms with Crippen molar-refractivity contribution >= 4 is 17.5 Å². The van der Waals surface area contributed by atoms with E-state index < -0.39 is 0 Å². The topological polar surface area (TPSA) is 43.9 Å². The Bertz CT molecular complexity index is 518. The van der Waals surface area contributed by atoms with Crippen molar-refractivity contribution in [3.8, 4) is 0 Å². The van der Waals surface area contributed by atoms with Gasteiger partial charge in [0.05, 0.1) is 5.92 Å². The first-order valence-corrected chi connectivity index (χ1v) is 7.49. The van der Waals surface area contributed by atoms with Gasteiger partial charge in [-0.1, -0.05) is 18.2 Å². The summed E-state index contributed by atoms with van der Waals surface area (Å²) in [5.74, 6) is 0.283. The first-order valence-electron chi connectivity index (χ1n) is 7.49. The lowest BCUT2D eigenvalue weighted by Crippen LogP contribution is -2.58. The normalized spacial score (nSPS) is 19.4. The van der Waals surface area contributed by atoms with E-state index in [0.717, 1.165) is 26.2 Å². The zero-order valence-corrected chi connectivity index (χ0v) is 12.4. The lowest BCUT2D eigenvalue weighted by atomic mass is 9.98. The number of carbonyl (C=O) groups is 2. The van der Waals surface area contributed by atoms with Crippen molar-refractivity contribution in [3.05, 3.63) is 30.3 Å². The molecule has 0 bridgehead atoms. The maximum atomic E-state index is 12.4. The molecule has 2 amide bonds. The van der Waals surface area contributed by atoms with Crippen LogP contribution in [0.25, 0.3) is 0 Å². The van der Waals surface area contributed by atoms with Crippen LogP contribution in [0, 0.1) is 5.92 Å². The summed E-state index contributed by atoms with van der Waals surface area (Å²) in [6.45, 7) is 6.02. The molecule has 2 aliphatic rings. The van der Waals surface area contributed by atoms with Crippen LogP contribution in [0.4, 0.5) is 5.69 Å². The van der Waals surface area contributed by atoms with Crippen molar-refractivity contribution in [2.75, 3.05) is 44.2 Å². The third kappa shape index (κ3) is 2.86. The monoisotopic (exact) mass is 287 g/mol. The molecule has 0 radical (unpaired) electrons. The Labute approximate surface area is 125 Å². The summed E-state index contributed by atoms with van der Waals surface area (Å²) in [7, 11) is 0. The molecule has 0 N–H and O–H groups in total. The quantitative estimate of drug-likeness (QED) is 0.808. The molecule has 1 aromatic carbocycles. The molecule has 112 valence electrons. The van der Waals surface area contributed by atoms with Crippen LogP contribution in [0.3, 0.4) is 0 Å². The number of benzene rings is 1. The number of likely N-dealkylation sites (tertiary alicyclic amines) is 1. The number of para-hydroxylation sites is 1. The van der Waals surface area contributed by atoms with E-state index >= 15 is 0 Å². The van der Waals surface area contributed by atoms with Crippen LogP contribution in [0.15, 0.2) is 30.3 Å². The van der Waals surface area contributed by atoms with Crippen LogP contribution in [0.1, 0.15) is 6.92 Å².